The molecular formula is C19H25FO2. The van der Waals surface area contributed by atoms with Gasteiger partial charge in [0.25, 0.3) is 0 Å². The van der Waals surface area contributed by atoms with Crippen molar-refractivity contribution in [3.05, 3.63) is 11.6 Å². The Hall–Kier alpha value is -0.990. The van der Waals surface area contributed by atoms with E-state index in [-0.39, 0.29) is 35.2 Å². The highest BCUT2D eigenvalue weighted by Crippen LogP contribution is 2.63. The zero-order valence-corrected chi connectivity index (χ0v) is 13.5. The summed E-state index contributed by atoms with van der Waals surface area (Å²) in [5.74, 6) is 0.0362. The van der Waals surface area contributed by atoms with Crippen molar-refractivity contribution in [3.63, 3.8) is 0 Å². The summed E-state index contributed by atoms with van der Waals surface area (Å²) in [5, 5.41) is 0. The monoisotopic (exact) mass is 304 g/mol. The number of carbonyl (C=O) groups is 2. The molecule has 0 bridgehead atoms. The molecule has 22 heavy (non-hydrogen) atoms. The van der Waals surface area contributed by atoms with Crippen LogP contribution in [0, 0.1) is 28.6 Å². The Bertz CT molecular complexity index is 580. The number of hydrogen-bond donors (Lipinski definition) is 0. The fraction of sp³-hybridized carbons (Fsp3) is 0.789. The van der Waals surface area contributed by atoms with Gasteiger partial charge in [0.15, 0.2) is 17.7 Å². The molecular weight excluding hydrogens is 279 g/mol. The average molecular weight is 304 g/mol. The molecule has 5 unspecified atom stereocenters. The minimum Gasteiger partial charge on any atom is -0.296 e. The number of allylic oxidation sites excluding steroid dienone is 2. The van der Waals surface area contributed by atoms with E-state index in [1.54, 1.807) is 0 Å². The van der Waals surface area contributed by atoms with Crippen LogP contribution in [-0.4, -0.2) is 17.7 Å². The summed E-state index contributed by atoms with van der Waals surface area (Å²) in [6.45, 7) is 4.22. The van der Waals surface area contributed by atoms with Gasteiger partial charge in [-0.15, -0.1) is 0 Å². The van der Waals surface area contributed by atoms with Gasteiger partial charge in [-0.05, 0) is 61.9 Å². The maximum atomic E-state index is 14.1. The van der Waals surface area contributed by atoms with E-state index >= 15 is 0 Å². The molecule has 120 valence electrons. The van der Waals surface area contributed by atoms with E-state index in [9.17, 15) is 14.0 Å². The molecule has 0 aromatic rings. The summed E-state index contributed by atoms with van der Waals surface area (Å²) in [6, 6.07) is 0. The highest BCUT2D eigenvalue weighted by atomic mass is 19.1. The van der Waals surface area contributed by atoms with Crippen molar-refractivity contribution in [2.75, 3.05) is 0 Å². The van der Waals surface area contributed by atoms with Gasteiger partial charge >= 0.3 is 0 Å². The molecule has 3 fully saturated rings. The SMILES string of the molecule is CC12CCC3C(C(=O)C=C4CCCCC43C)C1C[C@@H](F)C2=O. The molecule has 0 aromatic carbocycles. The third kappa shape index (κ3) is 1.66. The number of Topliss-reactive ketones (excluding diaryl/α,β-unsaturated/α-hetero) is 1. The van der Waals surface area contributed by atoms with E-state index in [1.807, 2.05) is 13.0 Å². The highest BCUT2D eigenvalue weighted by molar-refractivity contribution is 5.97. The Morgan fingerprint density at radius 3 is 2.64 bits per heavy atom. The van der Waals surface area contributed by atoms with Gasteiger partial charge in [-0.2, -0.15) is 0 Å². The number of rotatable bonds is 0. The van der Waals surface area contributed by atoms with Gasteiger partial charge in [-0.3, -0.25) is 9.59 Å². The van der Waals surface area contributed by atoms with Crippen molar-refractivity contribution in [1.29, 1.82) is 0 Å². The van der Waals surface area contributed by atoms with Crippen LogP contribution in [0.15, 0.2) is 11.6 Å². The van der Waals surface area contributed by atoms with E-state index < -0.39 is 11.6 Å². The summed E-state index contributed by atoms with van der Waals surface area (Å²) in [7, 11) is 0. The Morgan fingerprint density at radius 2 is 1.86 bits per heavy atom. The van der Waals surface area contributed by atoms with E-state index in [0.29, 0.717) is 5.92 Å². The van der Waals surface area contributed by atoms with Crippen molar-refractivity contribution in [2.45, 2.75) is 65.0 Å². The molecule has 0 amide bonds. The maximum absolute atomic E-state index is 14.1. The second kappa shape index (κ2) is 4.52. The van der Waals surface area contributed by atoms with Crippen LogP contribution in [0.25, 0.3) is 0 Å². The number of alkyl halides is 1. The molecule has 2 nitrogen and oxygen atoms in total. The lowest BCUT2D eigenvalue weighted by molar-refractivity contribution is -0.140. The van der Waals surface area contributed by atoms with E-state index in [1.165, 1.54) is 18.4 Å². The van der Waals surface area contributed by atoms with Gasteiger partial charge in [-0.25, -0.2) is 4.39 Å². The van der Waals surface area contributed by atoms with Crippen molar-refractivity contribution in [2.24, 2.45) is 28.6 Å². The zero-order chi connectivity index (χ0) is 15.7. The van der Waals surface area contributed by atoms with Crippen molar-refractivity contribution < 1.29 is 14.0 Å². The largest absolute Gasteiger partial charge is 0.296 e. The van der Waals surface area contributed by atoms with Crippen LogP contribution in [0.5, 0.6) is 0 Å². The van der Waals surface area contributed by atoms with Gasteiger partial charge in [0.1, 0.15) is 0 Å². The average Bonchev–Trinajstić information content (AvgIpc) is 2.71. The maximum Gasteiger partial charge on any atom is 0.173 e. The smallest absolute Gasteiger partial charge is 0.173 e. The molecule has 0 N–H and O–H groups in total. The molecule has 6 atom stereocenters. The van der Waals surface area contributed by atoms with E-state index in [0.717, 1.165) is 25.7 Å². The zero-order valence-electron chi connectivity index (χ0n) is 13.5. The number of fused-ring (bicyclic) bond motifs is 5. The first-order valence-corrected chi connectivity index (χ1v) is 8.81. The van der Waals surface area contributed by atoms with Crippen LogP contribution < -0.4 is 0 Å². The second-order valence-electron chi connectivity index (χ2n) is 8.46. The normalized spacial score (nSPS) is 51.0. The first-order chi connectivity index (χ1) is 10.4. The van der Waals surface area contributed by atoms with Crippen molar-refractivity contribution in [3.8, 4) is 0 Å². The predicted octanol–water partition coefficient (Wildman–Crippen LogP) is 4.04. The Morgan fingerprint density at radius 1 is 1.09 bits per heavy atom. The fourth-order valence-electron chi connectivity index (χ4n) is 6.19. The predicted molar refractivity (Wildman–Crippen MR) is 82.0 cm³/mol. The standard InChI is InChI=1S/C19H25FO2/c1-18-7-4-3-5-11(18)9-15(21)16-12(18)6-8-19(2)13(16)10-14(20)17(19)22/h9,12-14,16H,3-8,10H2,1-2H3/t12?,13?,14-,16?,18?,19?/m1/s1. The topological polar surface area (TPSA) is 34.1 Å². The van der Waals surface area contributed by atoms with Gasteiger partial charge in [-0.1, -0.05) is 25.8 Å². The van der Waals surface area contributed by atoms with Crippen LogP contribution >= 0.6 is 0 Å². The third-order valence-electron chi connectivity index (χ3n) is 7.56. The number of halogens is 1. The summed E-state index contributed by atoms with van der Waals surface area (Å²) in [5.41, 5.74) is 0.831. The molecule has 0 aromatic heterocycles. The number of carbonyl (C=O) groups excluding carboxylic acids is 2. The molecule has 0 spiro atoms. The van der Waals surface area contributed by atoms with Crippen LogP contribution in [0.1, 0.15) is 58.8 Å². The van der Waals surface area contributed by atoms with Gasteiger partial charge in [0, 0.05) is 11.3 Å². The van der Waals surface area contributed by atoms with E-state index in [4.69, 9.17) is 0 Å². The summed E-state index contributed by atoms with van der Waals surface area (Å²) in [6.07, 6.45) is 7.02. The van der Waals surface area contributed by atoms with Crippen molar-refractivity contribution in [1.82, 2.24) is 0 Å². The third-order valence-corrected chi connectivity index (χ3v) is 7.56. The number of ketones is 2. The van der Waals surface area contributed by atoms with E-state index in [2.05, 4.69) is 6.92 Å². The minimum atomic E-state index is -1.36. The molecule has 4 aliphatic rings. The molecule has 0 saturated heterocycles. The first kappa shape index (κ1) is 14.6. The van der Waals surface area contributed by atoms with Gasteiger partial charge in [0.2, 0.25) is 0 Å². The minimum absolute atomic E-state index is 0.0854. The highest BCUT2D eigenvalue weighted by Gasteiger charge is 2.63. The van der Waals surface area contributed by atoms with Crippen LogP contribution in [0.3, 0.4) is 0 Å². The van der Waals surface area contributed by atoms with Crippen molar-refractivity contribution >= 4 is 11.6 Å². The Balaban J connectivity index is 1.78. The van der Waals surface area contributed by atoms with Crippen LogP contribution in [0.4, 0.5) is 4.39 Å². The quantitative estimate of drug-likeness (QED) is 0.677. The molecule has 4 rings (SSSR count). The molecule has 3 saturated carbocycles. The van der Waals surface area contributed by atoms with Gasteiger partial charge < -0.3 is 0 Å². The summed E-state index contributed by atoms with van der Waals surface area (Å²) in [4.78, 5) is 25.1. The lowest BCUT2D eigenvalue weighted by Gasteiger charge is -2.55. The lowest BCUT2D eigenvalue weighted by atomic mass is 9.48. The molecule has 4 aliphatic carbocycles. The lowest BCUT2D eigenvalue weighted by Crippen LogP contribution is -2.52. The molecule has 0 radical (unpaired) electrons. The van der Waals surface area contributed by atoms with Crippen LogP contribution in [0.2, 0.25) is 0 Å². The van der Waals surface area contributed by atoms with Crippen LogP contribution in [-0.2, 0) is 9.59 Å². The Labute approximate surface area is 131 Å². The Kier molecular flexibility index (Phi) is 3.00. The summed E-state index contributed by atoms with van der Waals surface area (Å²) >= 11 is 0. The molecule has 3 heteroatoms. The second-order valence-corrected chi connectivity index (χ2v) is 8.46. The molecule has 0 heterocycles. The van der Waals surface area contributed by atoms with Gasteiger partial charge in [0.05, 0.1) is 0 Å². The fourth-order valence-corrected chi connectivity index (χ4v) is 6.19. The number of hydrogen-bond acceptors (Lipinski definition) is 2. The summed E-state index contributed by atoms with van der Waals surface area (Å²) < 4.78 is 14.1. The first-order valence-electron chi connectivity index (χ1n) is 8.81. The molecule has 0 aliphatic heterocycles.